The van der Waals surface area contributed by atoms with Gasteiger partial charge in [-0.25, -0.2) is 9.97 Å². The standard InChI is InChI=1S/C23H24N4O2/c1-16-25-15-20(17-7-11-24-12-8-17)22(26-16)18-9-13-27(14-10-18)23(28)19-5-3-4-6-21(19)29-2/h3-8,11-12,15,18H,9-10,13-14H2,1-2H3. The van der Waals surface area contributed by atoms with Gasteiger partial charge >= 0.3 is 0 Å². The molecule has 0 atom stereocenters. The smallest absolute Gasteiger partial charge is 0.257 e. The van der Waals surface area contributed by atoms with E-state index in [0.29, 0.717) is 30.3 Å². The lowest BCUT2D eigenvalue weighted by Crippen LogP contribution is -2.38. The lowest BCUT2D eigenvalue weighted by Gasteiger charge is -2.32. The van der Waals surface area contributed by atoms with Crippen molar-refractivity contribution in [3.63, 3.8) is 0 Å². The molecule has 0 saturated carbocycles. The maximum absolute atomic E-state index is 13.0. The Bertz CT molecular complexity index is 999. The Hall–Kier alpha value is -3.28. The van der Waals surface area contributed by atoms with E-state index in [1.54, 1.807) is 19.5 Å². The highest BCUT2D eigenvalue weighted by molar-refractivity contribution is 5.97. The average molecular weight is 388 g/mol. The molecule has 0 radical (unpaired) electrons. The van der Waals surface area contributed by atoms with E-state index in [1.807, 2.05) is 54.4 Å². The summed E-state index contributed by atoms with van der Waals surface area (Å²) in [6.45, 7) is 3.31. The van der Waals surface area contributed by atoms with Crippen molar-refractivity contribution in [2.45, 2.75) is 25.7 Å². The molecule has 6 heteroatoms. The molecule has 148 valence electrons. The normalized spacial score (nSPS) is 14.6. The van der Waals surface area contributed by atoms with E-state index in [0.717, 1.165) is 35.5 Å². The highest BCUT2D eigenvalue weighted by Gasteiger charge is 2.28. The van der Waals surface area contributed by atoms with Crippen molar-refractivity contribution in [3.8, 4) is 16.9 Å². The van der Waals surface area contributed by atoms with Crippen LogP contribution in [0.15, 0.2) is 55.0 Å². The zero-order chi connectivity index (χ0) is 20.2. The van der Waals surface area contributed by atoms with Gasteiger partial charge in [0.15, 0.2) is 0 Å². The molecule has 0 N–H and O–H groups in total. The van der Waals surface area contributed by atoms with Gasteiger partial charge in [0.1, 0.15) is 11.6 Å². The fourth-order valence-corrected chi connectivity index (χ4v) is 3.90. The molecule has 4 rings (SSSR count). The molecule has 1 aromatic carbocycles. The lowest BCUT2D eigenvalue weighted by atomic mass is 9.89. The van der Waals surface area contributed by atoms with Gasteiger partial charge in [0.05, 0.1) is 18.4 Å². The number of aryl methyl sites for hydroxylation is 1. The van der Waals surface area contributed by atoms with Crippen LogP contribution in [0.25, 0.3) is 11.1 Å². The minimum absolute atomic E-state index is 0.0223. The van der Waals surface area contributed by atoms with E-state index in [-0.39, 0.29) is 5.91 Å². The molecule has 3 aromatic rings. The number of ether oxygens (including phenoxy) is 1. The van der Waals surface area contributed by atoms with E-state index >= 15 is 0 Å². The van der Waals surface area contributed by atoms with Crippen LogP contribution in [0.3, 0.4) is 0 Å². The third-order valence-corrected chi connectivity index (χ3v) is 5.44. The summed E-state index contributed by atoms with van der Waals surface area (Å²) in [5.74, 6) is 1.70. The van der Waals surface area contributed by atoms with Crippen LogP contribution in [-0.4, -0.2) is 46.0 Å². The Morgan fingerprint density at radius 3 is 2.55 bits per heavy atom. The van der Waals surface area contributed by atoms with Crippen molar-refractivity contribution < 1.29 is 9.53 Å². The first-order valence-electron chi connectivity index (χ1n) is 9.83. The van der Waals surface area contributed by atoms with E-state index in [9.17, 15) is 4.79 Å². The zero-order valence-corrected chi connectivity index (χ0v) is 16.7. The molecule has 0 spiro atoms. The molecule has 6 nitrogen and oxygen atoms in total. The number of rotatable bonds is 4. The van der Waals surface area contributed by atoms with Crippen molar-refractivity contribution in [1.82, 2.24) is 19.9 Å². The summed E-state index contributed by atoms with van der Waals surface area (Å²) in [4.78, 5) is 28.2. The Morgan fingerprint density at radius 2 is 1.83 bits per heavy atom. The highest BCUT2D eigenvalue weighted by atomic mass is 16.5. The zero-order valence-electron chi connectivity index (χ0n) is 16.7. The number of carbonyl (C=O) groups is 1. The van der Waals surface area contributed by atoms with E-state index < -0.39 is 0 Å². The van der Waals surface area contributed by atoms with Gasteiger partial charge in [0.25, 0.3) is 5.91 Å². The molecule has 1 fully saturated rings. The van der Waals surface area contributed by atoms with E-state index in [4.69, 9.17) is 9.72 Å². The molecule has 1 aliphatic heterocycles. The fraction of sp³-hybridized carbons (Fsp3) is 0.304. The van der Waals surface area contributed by atoms with Gasteiger partial charge in [-0.3, -0.25) is 9.78 Å². The SMILES string of the molecule is COc1ccccc1C(=O)N1CCC(c2nc(C)ncc2-c2ccncc2)CC1. The molecule has 3 heterocycles. The van der Waals surface area contributed by atoms with Crippen LogP contribution in [-0.2, 0) is 0 Å². The summed E-state index contributed by atoms with van der Waals surface area (Å²) in [5.41, 5.74) is 3.80. The first kappa shape index (κ1) is 19.1. The molecule has 0 unspecified atom stereocenters. The maximum Gasteiger partial charge on any atom is 0.257 e. The minimum atomic E-state index is 0.0223. The molecular formula is C23H24N4O2. The van der Waals surface area contributed by atoms with Crippen LogP contribution in [0.2, 0.25) is 0 Å². The Labute approximate surface area is 170 Å². The quantitative estimate of drug-likeness (QED) is 0.679. The first-order chi connectivity index (χ1) is 14.2. The van der Waals surface area contributed by atoms with Gasteiger partial charge in [0.2, 0.25) is 0 Å². The number of carbonyl (C=O) groups excluding carboxylic acids is 1. The van der Waals surface area contributed by atoms with Crippen LogP contribution in [0.1, 0.15) is 40.6 Å². The van der Waals surface area contributed by atoms with Crippen LogP contribution >= 0.6 is 0 Å². The third kappa shape index (κ3) is 3.97. The van der Waals surface area contributed by atoms with Gasteiger partial charge in [0, 0.05) is 43.2 Å². The van der Waals surface area contributed by atoms with E-state index in [1.165, 1.54) is 0 Å². The molecule has 0 aliphatic carbocycles. The average Bonchev–Trinajstić information content (AvgIpc) is 2.79. The Morgan fingerprint density at radius 1 is 1.10 bits per heavy atom. The Kier molecular flexibility index (Phi) is 5.51. The third-order valence-electron chi connectivity index (χ3n) is 5.44. The molecular weight excluding hydrogens is 364 g/mol. The van der Waals surface area contributed by atoms with Gasteiger partial charge in [-0.15, -0.1) is 0 Å². The van der Waals surface area contributed by atoms with Crippen molar-refractivity contribution in [2.24, 2.45) is 0 Å². The number of para-hydroxylation sites is 1. The molecule has 29 heavy (non-hydrogen) atoms. The number of hydrogen-bond donors (Lipinski definition) is 0. The summed E-state index contributed by atoms with van der Waals surface area (Å²) in [5, 5.41) is 0. The van der Waals surface area contributed by atoms with Gasteiger partial charge in [-0.2, -0.15) is 0 Å². The maximum atomic E-state index is 13.0. The molecule has 1 amide bonds. The largest absolute Gasteiger partial charge is 0.496 e. The van der Waals surface area contributed by atoms with Gasteiger partial charge in [-0.05, 0) is 49.6 Å². The summed E-state index contributed by atoms with van der Waals surface area (Å²) in [7, 11) is 1.59. The first-order valence-corrected chi connectivity index (χ1v) is 9.83. The molecule has 2 aromatic heterocycles. The highest BCUT2D eigenvalue weighted by Crippen LogP contribution is 2.34. The lowest BCUT2D eigenvalue weighted by molar-refractivity contribution is 0.0708. The van der Waals surface area contributed by atoms with E-state index in [2.05, 4.69) is 9.97 Å². The summed E-state index contributed by atoms with van der Waals surface area (Å²) in [6.07, 6.45) is 7.21. The number of amides is 1. The number of pyridine rings is 1. The van der Waals surface area contributed by atoms with Crippen molar-refractivity contribution in [3.05, 3.63) is 72.1 Å². The summed E-state index contributed by atoms with van der Waals surface area (Å²) >= 11 is 0. The second kappa shape index (κ2) is 8.39. The number of methoxy groups -OCH3 is 1. The molecule has 1 aliphatic rings. The van der Waals surface area contributed by atoms with Crippen LogP contribution < -0.4 is 4.74 Å². The molecule has 1 saturated heterocycles. The predicted octanol–water partition coefficient (Wildman–Crippen LogP) is 3.88. The second-order valence-electron chi connectivity index (χ2n) is 7.22. The topological polar surface area (TPSA) is 68.2 Å². The second-order valence-corrected chi connectivity index (χ2v) is 7.22. The molecule has 0 bridgehead atoms. The summed E-state index contributed by atoms with van der Waals surface area (Å²) < 4.78 is 5.36. The van der Waals surface area contributed by atoms with Crippen molar-refractivity contribution in [1.29, 1.82) is 0 Å². The summed E-state index contributed by atoms with van der Waals surface area (Å²) in [6, 6.07) is 11.4. The Balaban J connectivity index is 1.53. The van der Waals surface area contributed by atoms with Crippen LogP contribution in [0, 0.1) is 6.92 Å². The number of aromatic nitrogens is 3. The van der Waals surface area contributed by atoms with Gasteiger partial charge < -0.3 is 9.64 Å². The van der Waals surface area contributed by atoms with Crippen molar-refractivity contribution >= 4 is 5.91 Å². The monoisotopic (exact) mass is 388 g/mol. The van der Waals surface area contributed by atoms with Gasteiger partial charge in [-0.1, -0.05) is 12.1 Å². The number of piperidine rings is 1. The minimum Gasteiger partial charge on any atom is -0.496 e. The van der Waals surface area contributed by atoms with Crippen molar-refractivity contribution in [2.75, 3.05) is 20.2 Å². The van der Waals surface area contributed by atoms with Crippen LogP contribution in [0.4, 0.5) is 0 Å². The number of nitrogens with zero attached hydrogens (tertiary/aromatic N) is 4. The van der Waals surface area contributed by atoms with Crippen LogP contribution in [0.5, 0.6) is 5.75 Å². The predicted molar refractivity (Wildman–Crippen MR) is 111 cm³/mol. The number of hydrogen-bond acceptors (Lipinski definition) is 5. The number of benzene rings is 1. The number of likely N-dealkylation sites (tertiary alicyclic amines) is 1. The fourth-order valence-electron chi connectivity index (χ4n) is 3.90.